The highest BCUT2D eigenvalue weighted by atomic mass is 16.5. The Balaban J connectivity index is 1.63. The van der Waals surface area contributed by atoms with Gasteiger partial charge in [0.05, 0.1) is 14.2 Å². The molecular weight excluding hydrogens is 356 g/mol. The molecule has 0 radical (unpaired) electrons. The van der Waals surface area contributed by atoms with E-state index in [0.717, 1.165) is 5.56 Å². The van der Waals surface area contributed by atoms with E-state index in [1.54, 1.807) is 40.2 Å². The highest BCUT2D eigenvalue weighted by Crippen LogP contribution is 2.29. The molecule has 0 spiro atoms. The molecule has 2 aromatic carbocycles. The van der Waals surface area contributed by atoms with E-state index in [1.165, 1.54) is 14.2 Å². The molecule has 1 aliphatic rings. The van der Waals surface area contributed by atoms with E-state index in [4.69, 9.17) is 9.47 Å². The molecule has 146 valence electrons. The van der Waals surface area contributed by atoms with Gasteiger partial charge in [0, 0.05) is 32.3 Å². The molecular formula is C22H24N2O4. The first-order valence-electron chi connectivity index (χ1n) is 9.16. The lowest BCUT2D eigenvalue weighted by Gasteiger charge is -2.34. The Labute approximate surface area is 165 Å². The Hall–Kier alpha value is -3.28. The highest BCUT2D eigenvalue weighted by Gasteiger charge is 2.28. The van der Waals surface area contributed by atoms with Gasteiger partial charge in [-0.2, -0.15) is 0 Å². The van der Waals surface area contributed by atoms with Crippen molar-refractivity contribution in [1.29, 1.82) is 0 Å². The quantitative estimate of drug-likeness (QED) is 0.749. The van der Waals surface area contributed by atoms with Crippen LogP contribution in [-0.4, -0.2) is 62.0 Å². The molecule has 0 aliphatic carbocycles. The molecule has 0 unspecified atom stereocenters. The second-order valence-electron chi connectivity index (χ2n) is 6.40. The predicted molar refractivity (Wildman–Crippen MR) is 108 cm³/mol. The number of carbonyl (C=O) groups is 2. The summed E-state index contributed by atoms with van der Waals surface area (Å²) in [6, 6.07) is 15.0. The van der Waals surface area contributed by atoms with Crippen molar-refractivity contribution in [3.8, 4) is 11.5 Å². The maximum atomic E-state index is 13.0. The molecule has 0 aromatic heterocycles. The van der Waals surface area contributed by atoms with Crippen molar-refractivity contribution >= 4 is 17.9 Å². The molecule has 3 rings (SSSR count). The van der Waals surface area contributed by atoms with E-state index in [9.17, 15) is 9.59 Å². The summed E-state index contributed by atoms with van der Waals surface area (Å²) in [4.78, 5) is 28.9. The van der Waals surface area contributed by atoms with Crippen molar-refractivity contribution in [2.45, 2.75) is 0 Å². The van der Waals surface area contributed by atoms with Gasteiger partial charge in [-0.25, -0.2) is 0 Å². The summed E-state index contributed by atoms with van der Waals surface area (Å²) >= 11 is 0. The van der Waals surface area contributed by atoms with Crippen molar-refractivity contribution < 1.29 is 19.1 Å². The fourth-order valence-electron chi connectivity index (χ4n) is 3.19. The standard InChI is InChI=1S/C22H24N2O4/c1-27-18-9-6-10-19(28-2)21(18)22(26)24-15-13-23(14-16-24)20(25)12-11-17-7-4-3-5-8-17/h3-12H,13-16H2,1-2H3/b12-11+. The van der Waals surface area contributed by atoms with Crippen LogP contribution in [0.4, 0.5) is 0 Å². The molecule has 6 nitrogen and oxygen atoms in total. The minimum absolute atomic E-state index is 0.0502. The number of benzene rings is 2. The van der Waals surface area contributed by atoms with E-state index in [-0.39, 0.29) is 11.8 Å². The lowest BCUT2D eigenvalue weighted by Crippen LogP contribution is -2.50. The summed E-state index contributed by atoms with van der Waals surface area (Å²) in [6.07, 6.45) is 3.38. The third-order valence-electron chi connectivity index (χ3n) is 4.74. The van der Waals surface area contributed by atoms with Crippen LogP contribution in [0.1, 0.15) is 15.9 Å². The van der Waals surface area contributed by atoms with Gasteiger partial charge in [-0.05, 0) is 23.8 Å². The van der Waals surface area contributed by atoms with Gasteiger partial charge >= 0.3 is 0 Å². The first-order chi connectivity index (χ1) is 13.6. The second kappa shape index (κ2) is 9.08. The van der Waals surface area contributed by atoms with Crippen LogP contribution in [0.5, 0.6) is 11.5 Å². The third kappa shape index (κ3) is 4.34. The smallest absolute Gasteiger partial charge is 0.261 e. The molecule has 2 amide bonds. The van der Waals surface area contributed by atoms with Gasteiger partial charge in [0.15, 0.2) is 0 Å². The number of amides is 2. The van der Waals surface area contributed by atoms with E-state index < -0.39 is 0 Å². The van der Waals surface area contributed by atoms with Crippen LogP contribution in [0.15, 0.2) is 54.6 Å². The van der Waals surface area contributed by atoms with Crippen LogP contribution < -0.4 is 9.47 Å². The van der Waals surface area contributed by atoms with E-state index in [1.807, 2.05) is 30.3 Å². The number of rotatable bonds is 5. The molecule has 1 heterocycles. The van der Waals surface area contributed by atoms with Crippen LogP contribution >= 0.6 is 0 Å². The molecule has 1 fully saturated rings. The Morgan fingerprint density at radius 3 is 1.96 bits per heavy atom. The SMILES string of the molecule is COc1cccc(OC)c1C(=O)N1CCN(C(=O)/C=C/c2ccccc2)CC1. The largest absolute Gasteiger partial charge is 0.496 e. The third-order valence-corrected chi connectivity index (χ3v) is 4.74. The van der Waals surface area contributed by atoms with Crippen molar-refractivity contribution in [3.63, 3.8) is 0 Å². The molecule has 0 atom stereocenters. The van der Waals surface area contributed by atoms with Crippen molar-refractivity contribution in [1.82, 2.24) is 9.80 Å². The summed E-state index contributed by atoms with van der Waals surface area (Å²) in [6.45, 7) is 1.90. The van der Waals surface area contributed by atoms with Gasteiger partial charge in [-0.15, -0.1) is 0 Å². The number of ether oxygens (including phenoxy) is 2. The number of hydrogen-bond acceptors (Lipinski definition) is 4. The first-order valence-corrected chi connectivity index (χ1v) is 9.16. The summed E-state index contributed by atoms with van der Waals surface area (Å²) in [5.74, 6) is 0.759. The average molecular weight is 380 g/mol. The normalized spacial score (nSPS) is 14.2. The van der Waals surface area contributed by atoms with Gasteiger partial charge in [0.2, 0.25) is 5.91 Å². The number of carbonyl (C=O) groups excluding carboxylic acids is 2. The summed E-state index contributed by atoms with van der Waals surface area (Å²) in [5, 5.41) is 0. The molecule has 0 saturated carbocycles. The lowest BCUT2D eigenvalue weighted by atomic mass is 10.1. The van der Waals surface area contributed by atoms with Crippen LogP contribution in [0, 0.1) is 0 Å². The Kier molecular flexibility index (Phi) is 6.32. The Morgan fingerprint density at radius 1 is 0.821 bits per heavy atom. The van der Waals surface area contributed by atoms with Gasteiger partial charge in [-0.3, -0.25) is 9.59 Å². The highest BCUT2D eigenvalue weighted by molar-refractivity contribution is 6.00. The van der Waals surface area contributed by atoms with Crippen LogP contribution in [0.3, 0.4) is 0 Å². The molecule has 6 heteroatoms. The number of hydrogen-bond donors (Lipinski definition) is 0. The van der Waals surface area contributed by atoms with Crippen molar-refractivity contribution in [2.24, 2.45) is 0 Å². The van der Waals surface area contributed by atoms with Crippen LogP contribution in [-0.2, 0) is 4.79 Å². The zero-order valence-electron chi connectivity index (χ0n) is 16.1. The molecule has 1 saturated heterocycles. The van der Waals surface area contributed by atoms with Crippen molar-refractivity contribution in [2.75, 3.05) is 40.4 Å². The van der Waals surface area contributed by atoms with E-state index >= 15 is 0 Å². The van der Waals surface area contributed by atoms with Gasteiger partial charge in [0.25, 0.3) is 5.91 Å². The maximum Gasteiger partial charge on any atom is 0.261 e. The fraction of sp³-hybridized carbons (Fsp3) is 0.273. The Bertz CT molecular complexity index is 834. The zero-order chi connectivity index (χ0) is 19.9. The minimum atomic E-state index is -0.152. The van der Waals surface area contributed by atoms with E-state index in [0.29, 0.717) is 43.2 Å². The molecule has 0 bridgehead atoms. The van der Waals surface area contributed by atoms with Crippen LogP contribution in [0.25, 0.3) is 6.08 Å². The van der Waals surface area contributed by atoms with Gasteiger partial charge in [0.1, 0.15) is 17.1 Å². The monoisotopic (exact) mass is 380 g/mol. The second-order valence-corrected chi connectivity index (χ2v) is 6.40. The molecule has 0 N–H and O–H groups in total. The zero-order valence-corrected chi connectivity index (χ0v) is 16.1. The van der Waals surface area contributed by atoms with Crippen molar-refractivity contribution in [3.05, 3.63) is 65.7 Å². The minimum Gasteiger partial charge on any atom is -0.496 e. The molecule has 28 heavy (non-hydrogen) atoms. The predicted octanol–water partition coefficient (Wildman–Crippen LogP) is 2.70. The van der Waals surface area contributed by atoms with E-state index in [2.05, 4.69) is 0 Å². The maximum absolute atomic E-state index is 13.0. The average Bonchev–Trinajstić information content (AvgIpc) is 2.77. The first kappa shape index (κ1) is 19.5. The number of nitrogens with zero attached hydrogens (tertiary/aromatic N) is 2. The fourth-order valence-corrected chi connectivity index (χ4v) is 3.19. The van der Waals surface area contributed by atoms with Gasteiger partial charge in [-0.1, -0.05) is 36.4 Å². The van der Waals surface area contributed by atoms with Crippen LogP contribution in [0.2, 0.25) is 0 Å². The topological polar surface area (TPSA) is 59.1 Å². The lowest BCUT2D eigenvalue weighted by molar-refractivity contribution is -0.127. The molecule has 2 aromatic rings. The summed E-state index contributed by atoms with van der Waals surface area (Å²) < 4.78 is 10.7. The summed E-state index contributed by atoms with van der Waals surface area (Å²) in [7, 11) is 3.06. The number of methoxy groups -OCH3 is 2. The Morgan fingerprint density at radius 2 is 1.39 bits per heavy atom. The van der Waals surface area contributed by atoms with Gasteiger partial charge < -0.3 is 19.3 Å². The number of piperazine rings is 1. The summed E-state index contributed by atoms with van der Waals surface area (Å²) in [5.41, 5.74) is 1.39. The molecule has 1 aliphatic heterocycles.